The highest BCUT2D eigenvalue weighted by Gasteiger charge is 2.27. The van der Waals surface area contributed by atoms with Crippen molar-refractivity contribution in [2.45, 2.75) is 19.8 Å². The fourth-order valence-corrected chi connectivity index (χ4v) is 2.71. The summed E-state index contributed by atoms with van der Waals surface area (Å²) in [6, 6.07) is 7.65. The van der Waals surface area contributed by atoms with Gasteiger partial charge < -0.3 is 10.1 Å². The molecule has 0 radical (unpaired) electrons. The first-order chi connectivity index (χ1) is 8.61. The molecule has 2 rings (SSSR count). The third-order valence-electron chi connectivity index (χ3n) is 3.49. The molecule has 0 aliphatic carbocycles. The third-order valence-corrected chi connectivity index (χ3v) is 4.43. The summed E-state index contributed by atoms with van der Waals surface area (Å²) >= 11 is 2.19. The highest BCUT2D eigenvalue weighted by Crippen LogP contribution is 2.28. The summed E-state index contributed by atoms with van der Waals surface area (Å²) in [6.07, 6.45) is 2.03. The number of carbonyl (C=O) groups is 1. The van der Waals surface area contributed by atoms with Crippen LogP contribution in [-0.4, -0.2) is 25.7 Å². The summed E-state index contributed by atoms with van der Waals surface area (Å²) in [7, 11) is 0. The molecule has 3 nitrogen and oxygen atoms in total. The number of amides is 1. The SMILES string of the molecule is CC1(CNC(=O)c2ccccc2I)CCOCC1. The topological polar surface area (TPSA) is 38.3 Å². The second-order valence-corrected chi connectivity index (χ2v) is 6.25. The number of carbonyl (C=O) groups excluding carboxylic acids is 1. The van der Waals surface area contributed by atoms with Crippen LogP contribution in [0.15, 0.2) is 24.3 Å². The van der Waals surface area contributed by atoms with Crippen molar-refractivity contribution < 1.29 is 9.53 Å². The summed E-state index contributed by atoms with van der Waals surface area (Å²) < 4.78 is 6.35. The standard InChI is InChI=1S/C14H18INO2/c1-14(6-8-18-9-7-14)10-16-13(17)11-4-2-3-5-12(11)15/h2-5H,6-10H2,1H3,(H,16,17). The van der Waals surface area contributed by atoms with E-state index in [1.807, 2.05) is 24.3 Å². The van der Waals surface area contributed by atoms with Crippen LogP contribution in [0.3, 0.4) is 0 Å². The molecule has 0 aromatic heterocycles. The molecule has 1 fully saturated rings. The number of hydrogen-bond donors (Lipinski definition) is 1. The largest absolute Gasteiger partial charge is 0.381 e. The van der Waals surface area contributed by atoms with E-state index in [1.165, 1.54) is 0 Å². The predicted octanol–water partition coefficient (Wildman–Crippen LogP) is 2.84. The van der Waals surface area contributed by atoms with Crippen molar-refractivity contribution in [1.82, 2.24) is 5.32 Å². The van der Waals surface area contributed by atoms with Gasteiger partial charge in [-0.05, 0) is 53.0 Å². The second-order valence-electron chi connectivity index (χ2n) is 5.09. The molecular formula is C14H18INO2. The van der Waals surface area contributed by atoms with E-state index in [-0.39, 0.29) is 11.3 Å². The molecule has 1 aliphatic rings. The van der Waals surface area contributed by atoms with Gasteiger partial charge in [0.2, 0.25) is 0 Å². The van der Waals surface area contributed by atoms with Crippen molar-refractivity contribution in [3.63, 3.8) is 0 Å². The fraction of sp³-hybridized carbons (Fsp3) is 0.500. The summed E-state index contributed by atoms with van der Waals surface area (Å²) in [5.74, 6) is 0.0210. The first-order valence-corrected chi connectivity index (χ1v) is 7.29. The first kappa shape index (κ1) is 13.8. The maximum atomic E-state index is 12.1. The molecule has 0 unspecified atom stereocenters. The molecule has 1 aliphatic heterocycles. The van der Waals surface area contributed by atoms with Crippen LogP contribution in [0.1, 0.15) is 30.1 Å². The molecule has 1 aromatic carbocycles. The molecule has 1 heterocycles. The Hall–Kier alpha value is -0.620. The maximum Gasteiger partial charge on any atom is 0.252 e. The van der Waals surface area contributed by atoms with Crippen molar-refractivity contribution in [3.05, 3.63) is 33.4 Å². The maximum absolute atomic E-state index is 12.1. The van der Waals surface area contributed by atoms with E-state index in [4.69, 9.17) is 4.74 Å². The summed E-state index contributed by atoms with van der Waals surface area (Å²) in [4.78, 5) is 12.1. The van der Waals surface area contributed by atoms with E-state index in [9.17, 15) is 4.79 Å². The number of rotatable bonds is 3. The smallest absolute Gasteiger partial charge is 0.252 e. The highest BCUT2D eigenvalue weighted by atomic mass is 127. The van der Waals surface area contributed by atoms with Crippen LogP contribution in [0.2, 0.25) is 0 Å². The number of hydrogen-bond acceptors (Lipinski definition) is 2. The van der Waals surface area contributed by atoms with Crippen molar-refractivity contribution >= 4 is 28.5 Å². The summed E-state index contributed by atoms with van der Waals surface area (Å²) in [5.41, 5.74) is 0.933. The predicted molar refractivity (Wildman–Crippen MR) is 79.7 cm³/mol. The average Bonchev–Trinajstić information content (AvgIpc) is 2.38. The monoisotopic (exact) mass is 359 g/mol. The van der Waals surface area contributed by atoms with Gasteiger partial charge in [0.05, 0.1) is 5.56 Å². The van der Waals surface area contributed by atoms with Crippen LogP contribution in [0.25, 0.3) is 0 Å². The zero-order chi connectivity index (χ0) is 13.0. The summed E-state index contributed by atoms with van der Waals surface area (Å²) in [5, 5.41) is 3.05. The molecule has 1 saturated heterocycles. The summed E-state index contributed by atoms with van der Waals surface area (Å²) in [6.45, 7) is 4.54. The second kappa shape index (κ2) is 6.02. The van der Waals surface area contributed by atoms with E-state index in [2.05, 4.69) is 34.8 Å². The molecular weight excluding hydrogens is 341 g/mol. The minimum Gasteiger partial charge on any atom is -0.381 e. The average molecular weight is 359 g/mol. The van der Waals surface area contributed by atoms with Gasteiger partial charge in [0, 0.05) is 23.3 Å². The van der Waals surface area contributed by atoms with Gasteiger partial charge in [-0.25, -0.2) is 0 Å². The van der Waals surface area contributed by atoms with Crippen LogP contribution in [0, 0.1) is 8.99 Å². The zero-order valence-corrected chi connectivity index (χ0v) is 12.7. The van der Waals surface area contributed by atoms with Gasteiger partial charge in [0.1, 0.15) is 0 Å². The Labute approximate surface area is 121 Å². The van der Waals surface area contributed by atoms with E-state index in [0.717, 1.165) is 41.7 Å². The van der Waals surface area contributed by atoms with Crippen LogP contribution in [0.5, 0.6) is 0 Å². The zero-order valence-electron chi connectivity index (χ0n) is 10.5. The van der Waals surface area contributed by atoms with E-state index in [0.29, 0.717) is 0 Å². The normalized spacial score (nSPS) is 18.3. The number of benzene rings is 1. The quantitative estimate of drug-likeness (QED) is 0.843. The molecule has 4 heteroatoms. The molecule has 0 bridgehead atoms. The fourth-order valence-electron chi connectivity index (χ4n) is 2.08. The Morgan fingerprint density at radius 3 is 2.72 bits per heavy atom. The number of ether oxygens (including phenoxy) is 1. The van der Waals surface area contributed by atoms with Crippen molar-refractivity contribution in [3.8, 4) is 0 Å². The lowest BCUT2D eigenvalue weighted by atomic mass is 9.82. The molecule has 98 valence electrons. The molecule has 0 spiro atoms. The van der Waals surface area contributed by atoms with E-state index >= 15 is 0 Å². The van der Waals surface area contributed by atoms with Gasteiger partial charge in [0.25, 0.3) is 5.91 Å². The van der Waals surface area contributed by atoms with E-state index in [1.54, 1.807) is 0 Å². The van der Waals surface area contributed by atoms with Gasteiger partial charge in [-0.15, -0.1) is 0 Å². The van der Waals surface area contributed by atoms with Crippen molar-refractivity contribution in [1.29, 1.82) is 0 Å². The van der Waals surface area contributed by atoms with Crippen molar-refractivity contribution in [2.24, 2.45) is 5.41 Å². The molecule has 1 N–H and O–H groups in total. The van der Waals surface area contributed by atoms with Gasteiger partial charge in [-0.2, -0.15) is 0 Å². The lowest BCUT2D eigenvalue weighted by Crippen LogP contribution is -2.39. The molecule has 1 aromatic rings. The van der Waals surface area contributed by atoms with Gasteiger partial charge in [0.15, 0.2) is 0 Å². The van der Waals surface area contributed by atoms with Gasteiger partial charge in [-0.1, -0.05) is 19.1 Å². The third kappa shape index (κ3) is 3.45. The van der Waals surface area contributed by atoms with Gasteiger partial charge >= 0.3 is 0 Å². The Kier molecular flexibility index (Phi) is 4.61. The minimum absolute atomic E-state index is 0.0210. The van der Waals surface area contributed by atoms with E-state index < -0.39 is 0 Å². The number of halogens is 1. The van der Waals surface area contributed by atoms with Gasteiger partial charge in [-0.3, -0.25) is 4.79 Å². The van der Waals surface area contributed by atoms with Crippen LogP contribution >= 0.6 is 22.6 Å². The molecule has 0 atom stereocenters. The number of nitrogens with one attached hydrogen (secondary N) is 1. The molecule has 0 saturated carbocycles. The lowest BCUT2D eigenvalue weighted by molar-refractivity contribution is 0.0238. The Balaban J connectivity index is 1.94. The Morgan fingerprint density at radius 1 is 1.39 bits per heavy atom. The highest BCUT2D eigenvalue weighted by molar-refractivity contribution is 14.1. The van der Waals surface area contributed by atoms with Crippen molar-refractivity contribution in [2.75, 3.05) is 19.8 Å². The molecule has 1 amide bonds. The minimum atomic E-state index is 0.0210. The lowest BCUT2D eigenvalue weighted by Gasteiger charge is -2.33. The van der Waals surface area contributed by atoms with Crippen LogP contribution in [-0.2, 0) is 4.74 Å². The first-order valence-electron chi connectivity index (χ1n) is 6.21. The van der Waals surface area contributed by atoms with Crippen LogP contribution in [0.4, 0.5) is 0 Å². The Bertz CT molecular complexity index is 428. The Morgan fingerprint density at radius 2 is 2.06 bits per heavy atom. The molecule has 18 heavy (non-hydrogen) atoms. The van der Waals surface area contributed by atoms with Crippen LogP contribution < -0.4 is 5.32 Å².